The number of rotatable bonds is 2. The molecular weight excluding hydrogens is 252 g/mol. The molecule has 0 spiro atoms. The van der Waals surface area contributed by atoms with E-state index in [1.165, 1.54) is 5.69 Å². The van der Waals surface area contributed by atoms with Gasteiger partial charge in [-0.05, 0) is 31.9 Å². The van der Waals surface area contributed by atoms with Crippen LogP contribution in [0.1, 0.15) is 47.9 Å². The smallest absolute Gasteiger partial charge is 0.250 e. The lowest BCUT2D eigenvalue weighted by atomic mass is 9.94. The van der Waals surface area contributed by atoms with Crippen LogP contribution in [-0.4, -0.2) is 16.3 Å². The van der Waals surface area contributed by atoms with Gasteiger partial charge in [0.2, 0.25) is 0 Å². The number of hydrogen-bond acceptors (Lipinski definition) is 2. The van der Waals surface area contributed by atoms with Crippen molar-refractivity contribution < 1.29 is 9.59 Å². The summed E-state index contributed by atoms with van der Waals surface area (Å²) in [6, 6.07) is 5.82. The molecule has 4 nitrogen and oxygen atoms in total. The molecule has 2 N–H and O–H groups in total. The van der Waals surface area contributed by atoms with E-state index in [-0.39, 0.29) is 11.8 Å². The molecule has 1 amide bonds. The Morgan fingerprint density at radius 3 is 2.70 bits per heavy atom. The highest BCUT2D eigenvalue weighted by Gasteiger charge is 2.26. The molecule has 0 radical (unpaired) electrons. The molecule has 4 heteroatoms. The molecule has 20 heavy (non-hydrogen) atoms. The first-order chi connectivity index (χ1) is 9.50. The second-order valence-electron chi connectivity index (χ2n) is 5.67. The number of Topliss-reactive ketones (excluding diaryl/α,β-unsaturated/α-hetero) is 1. The number of ketones is 1. The van der Waals surface area contributed by atoms with Gasteiger partial charge in [-0.15, -0.1) is 0 Å². The van der Waals surface area contributed by atoms with E-state index < -0.39 is 5.91 Å². The third-order valence-electron chi connectivity index (χ3n) is 4.04. The number of nitrogens with zero attached hydrogens (tertiary/aromatic N) is 1. The Bertz CT molecular complexity index is 726. The number of carbonyl (C=O) groups is 2. The van der Waals surface area contributed by atoms with Crippen molar-refractivity contribution in [2.75, 3.05) is 0 Å². The zero-order chi connectivity index (χ0) is 14.4. The van der Waals surface area contributed by atoms with Gasteiger partial charge >= 0.3 is 0 Å². The van der Waals surface area contributed by atoms with Crippen LogP contribution in [0.15, 0.2) is 18.2 Å². The second-order valence-corrected chi connectivity index (χ2v) is 5.67. The van der Waals surface area contributed by atoms with Crippen LogP contribution in [0.5, 0.6) is 0 Å². The molecule has 0 aliphatic heterocycles. The standard InChI is InChI=1S/C16H18N2O2/c1-9(2)18-14-7-6-10(19)8-13(14)11-4-3-5-12(15(11)18)16(17)20/h3-5,9H,6-8H2,1-2H3,(H2,17,20). The summed E-state index contributed by atoms with van der Waals surface area (Å²) in [5.74, 6) is -0.150. The molecule has 2 aromatic rings. The van der Waals surface area contributed by atoms with Crippen molar-refractivity contribution in [1.82, 2.24) is 4.57 Å². The number of benzene rings is 1. The molecule has 0 saturated carbocycles. The number of primary amides is 1. The number of fused-ring (bicyclic) bond motifs is 3. The summed E-state index contributed by atoms with van der Waals surface area (Å²) < 4.78 is 2.18. The van der Waals surface area contributed by atoms with Gasteiger partial charge in [0.15, 0.2) is 0 Å². The molecular formula is C16H18N2O2. The maximum absolute atomic E-state index is 11.8. The van der Waals surface area contributed by atoms with Gasteiger partial charge < -0.3 is 10.3 Å². The fraction of sp³-hybridized carbons (Fsp3) is 0.375. The minimum Gasteiger partial charge on any atom is -0.366 e. The van der Waals surface area contributed by atoms with Gasteiger partial charge in [-0.1, -0.05) is 12.1 Å². The lowest BCUT2D eigenvalue weighted by Gasteiger charge is -2.18. The van der Waals surface area contributed by atoms with E-state index in [0.717, 1.165) is 22.9 Å². The molecule has 1 aliphatic rings. The number of carbonyl (C=O) groups excluding carboxylic acids is 2. The van der Waals surface area contributed by atoms with Crippen LogP contribution < -0.4 is 5.73 Å². The Balaban J connectivity index is 2.43. The van der Waals surface area contributed by atoms with Gasteiger partial charge in [-0.25, -0.2) is 0 Å². The van der Waals surface area contributed by atoms with Crippen molar-refractivity contribution in [2.24, 2.45) is 5.73 Å². The summed E-state index contributed by atoms with van der Waals surface area (Å²) in [5.41, 5.74) is 9.20. The van der Waals surface area contributed by atoms with E-state index in [9.17, 15) is 9.59 Å². The lowest BCUT2D eigenvalue weighted by Crippen LogP contribution is -2.17. The molecule has 0 fully saturated rings. The van der Waals surface area contributed by atoms with Gasteiger partial charge in [-0.3, -0.25) is 9.59 Å². The number of aromatic nitrogens is 1. The van der Waals surface area contributed by atoms with Crippen LogP contribution in [0.2, 0.25) is 0 Å². The molecule has 0 unspecified atom stereocenters. The van der Waals surface area contributed by atoms with E-state index in [4.69, 9.17) is 5.73 Å². The van der Waals surface area contributed by atoms with Crippen LogP contribution in [0.3, 0.4) is 0 Å². The molecule has 1 aromatic heterocycles. The first kappa shape index (κ1) is 12.9. The Labute approximate surface area is 117 Å². The first-order valence-corrected chi connectivity index (χ1v) is 6.97. The summed E-state index contributed by atoms with van der Waals surface area (Å²) in [6.07, 6.45) is 1.80. The van der Waals surface area contributed by atoms with Gasteiger partial charge in [0.1, 0.15) is 5.78 Å². The summed E-state index contributed by atoms with van der Waals surface area (Å²) in [5, 5.41) is 0.998. The van der Waals surface area contributed by atoms with E-state index in [2.05, 4.69) is 18.4 Å². The molecule has 0 bridgehead atoms. The number of para-hydroxylation sites is 1. The fourth-order valence-electron chi connectivity index (χ4n) is 3.26. The highest BCUT2D eigenvalue weighted by Crippen LogP contribution is 2.35. The Kier molecular flexibility index (Phi) is 2.89. The summed E-state index contributed by atoms with van der Waals surface area (Å²) >= 11 is 0. The van der Waals surface area contributed by atoms with Crippen LogP contribution in [0.4, 0.5) is 0 Å². The largest absolute Gasteiger partial charge is 0.366 e. The Hall–Kier alpha value is -2.10. The third-order valence-corrected chi connectivity index (χ3v) is 4.04. The predicted octanol–water partition coefficient (Wildman–Crippen LogP) is 2.38. The van der Waals surface area contributed by atoms with Crippen molar-refractivity contribution >= 4 is 22.6 Å². The first-order valence-electron chi connectivity index (χ1n) is 6.97. The van der Waals surface area contributed by atoms with Crippen LogP contribution in [0, 0.1) is 0 Å². The zero-order valence-corrected chi connectivity index (χ0v) is 11.8. The lowest BCUT2D eigenvalue weighted by molar-refractivity contribution is -0.118. The van der Waals surface area contributed by atoms with Crippen LogP contribution in [-0.2, 0) is 17.6 Å². The van der Waals surface area contributed by atoms with Gasteiger partial charge in [0.05, 0.1) is 11.1 Å². The van der Waals surface area contributed by atoms with E-state index in [1.54, 1.807) is 6.07 Å². The van der Waals surface area contributed by atoms with E-state index >= 15 is 0 Å². The van der Waals surface area contributed by atoms with Crippen molar-refractivity contribution in [3.63, 3.8) is 0 Å². The molecule has 1 aliphatic carbocycles. The number of nitrogens with two attached hydrogens (primary N) is 1. The van der Waals surface area contributed by atoms with Crippen molar-refractivity contribution in [1.29, 1.82) is 0 Å². The second kappa shape index (κ2) is 4.47. The minimum atomic E-state index is -0.418. The van der Waals surface area contributed by atoms with Gasteiger partial charge in [0.25, 0.3) is 5.91 Å². The Morgan fingerprint density at radius 2 is 2.05 bits per heavy atom. The van der Waals surface area contributed by atoms with Gasteiger partial charge in [-0.2, -0.15) is 0 Å². The highest BCUT2D eigenvalue weighted by atomic mass is 16.1. The number of amides is 1. The maximum atomic E-state index is 11.8. The quantitative estimate of drug-likeness (QED) is 0.910. The monoisotopic (exact) mass is 270 g/mol. The Morgan fingerprint density at radius 1 is 1.30 bits per heavy atom. The highest BCUT2D eigenvalue weighted by molar-refractivity contribution is 6.07. The van der Waals surface area contributed by atoms with Crippen molar-refractivity contribution in [3.05, 3.63) is 35.0 Å². The predicted molar refractivity (Wildman–Crippen MR) is 77.9 cm³/mol. The minimum absolute atomic E-state index is 0.231. The van der Waals surface area contributed by atoms with Crippen LogP contribution in [0.25, 0.3) is 10.9 Å². The van der Waals surface area contributed by atoms with E-state index in [0.29, 0.717) is 18.4 Å². The fourth-order valence-corrected chi connectivity index (χ4v) is 3.26. The molecule has 104 valence electrons. The van der Waals surface area contributed by atoms with Crippen LogP contribution >= 0.6 is 0 Å². The molecule has 0 saturated heterocycles. The average molecular weight is 270 g/mol. The average Bonchev–Trinajstić information content (AvgIpc) is 2.72. The molecule has 0 atom stereocenters. The molecule has 3 rings (SSSR count). The maximum Gasteiger partial charge on any atom is 0.250 e. The SMILES string of the molecule is CC(C)n1c2c(c3cccc(C(N)=O)c31)CC(=O)CC2. The topological polar surface area (TPSA) is 65.1 Å². The normalized spacial score (nSPS) is 14.8. The number of hydrogen-bond donors (Lipinski definition) is 1. The molecule has 1 heterocycles. The summed E-state index contributed by atoms with van der Waals surface area (Å²) in [4.78, 5) is 23.5. The van der Waals surface area contributed by atoms with E-state index in [1.807, 2.05) is 12.1 Å². The molecule has 1 aromatic carbocycles. The summed E-state index contributed by atoms with van der Waals surface area (Å²) in [6.45, 7) is 4.18. The van der Waals surface area contributed by atoms with Crippen molar-refractivity contribution in [2.45, 2.75) is 39.2 Å². The van der Waals surface area contributed by atoms with Crippen molar-refractivity contribution in [3.8, 4) is 0 Å². The summed E-state index contributed by atoms with van der Waals surface area (Å²) in [7, 11) is 0. The zero-order valence-electron chi connectivity index (χ0n) is 11.8. The van der Waals surface area contributed by atoms with Gasteiger partial charge in [0, 0.05) is 30.0 Å². The third kappa shape index (κ3) is 1.75.